The highest BCUT2D eigenvalue weighted by Gasteiger charge is 2.23. The van der Waals surface area contributed by atoms with Crippen molar-refractivity contribution in [2.24, 2.45) is 0 Å². The first-order valence-electron chi connectivity index (χ1n) is 6.69. The molecule has 0 saturated heterocycles. The average Bonchev–Trinajstić information content (AvgIpc) is 3.15. The minimum atomic E-state index is -0.297. The Kier molecular flexibility index (Phi) is 4.26. The van der Waals surface area contributed by atoms with Crippen molar-refractivity contribution in [1.82, 2.24) is 8.75 Å². The Morgan fingerprint density at radius 1 is 1.29 bits per heavy atom. The molecule has 1 unspecified atom stereocenters. The van der Waals surface area contributed by atoms with E-state index >= 15 is 0 Å². The third-order valence-corrected chi connectivity index (χ3v) is 4.69. The smallest absolute Gasteiger partial charge is 0.313 e. The fourth-order valence-electron chi connectivity index (χ4n) is 2.23. The molecule has 0 aliphatic heterocycles. The topological polar surface area (TPSA) is 52.1 Å². The van der Waals surface area contributed by atoms with Crippen LogP contribution in [0, 0.1) is 0 Å². The van der Waals surface area contributed by atoms with E-state index in [1.807, 2.05) is 42.6 Å². The van der Waals surface area contributed by atoms with E-state index in [4.69, 9.17) is 4.74 Å². The molecule has 2 aromatic heterocycles. The predicted molar refractivity (Wildman–Crippen MR) is 84.8 cm³/mol. The van der Waals surface area contributed by atoms with Crippen molar-refractivity contribution in [2.75, 3.05) is 6.61 Å². The van der Waals surface area contributed by atoms with E-state index in [1.165, 1.54) is 16.6 Å². The molecule has 0 saturated carbocycles. The summed E-state index contributed by atoms with van der Waals surface area (Å²) in [6, 6.07) is 9.83. The Labute approximate surface area is 130 Å². The maximum Gasteiger partial charge on any atom is 0.313 e. The lowest BCUT2D eigenvalue weighted by molar-refractivity contribution is -0.144. The molecule has 0 amide bonds. The van der Waals surface area contributed by atoms with E-state index in [-0.39, 0.29) is 11.9 Å². The van der Waals surface area contributed by atoms with Crippen LogP contribution in [0.4, 0.5) is 0 Å². The SMILES string of the molecule is CCOC(=O)C(Cc1cccs1)c1ccc2nsnc2c1. The number of aromatic nitrogens is 2. The van der Waals surface area contributed by atoms with E-state index < -0.39 is 0 Å². The molecule has 0 spiro atoms. The number of fused-ring (bicyclic) bond motifs is 1. The molecular formula is C15H14N2O2S2. The van der Waals surface area contributed by atoms with E-state index in [9.17, 15) is 4.79 Å². The number of benzene rings is 1. The van der Waals surface area contributed by atoms with Gasteiger partial charge in [-0.1, -0.05) is 12.1 Å². The summed E-state index contributed by atoms with van der Waals surface area (Å²) in [4.78, 5) is 13.5. The zero-order valence-corrected chi connectivity index (χ0v) is 13.1. The summed E-state index contributed by atoms with van der Waals surface area (Å²) in [5, 5.41) is 2.02. The van der Waals surface area contributed by atoms with Crippen molar-refractivity contribution in [1.29, 1.82) is 0 Å². The lowest BCUT2D eigenvalue weighted by atomic mass is 9.94. The number of nitrogens with zero attached hydrogens (tertiary/aromatic N) is 2. The van der Waals surface area contributed by atoms with Crippen LogP contribution in [0.5, 0.6) is 0 Å². The maximum atomic E-state index is 12.3. The molecule has 3 aromatic rings. The summed E-state index contributed by atoms with van der Waals surface area (Å²) in [5.74, 6) is -0.483. The van der Waals surface area contributed by atoms with Gasteiger partial charge >= 0.3 is 5.97 Å². The molecule has 0 aliphatic carbocycles. The summed E-state index contributed by atoms with van der Waals surface area (Å²) >= 11 is 2.84. The molecular weight excluding hydrogens is 304 g/mol. The van der Waals surface area contributed by atoms with Crippen LogP contribution in [0.25, 0.3) is 11.0 Å². The monoisotopic (exact) mass is 318 g/mol. The molecule has 0 bridgehead atoms. The Hall–Kier alpha value is -1.79. The number of hydrogen-bond donors (Lipinski definition) is 0. The van der Waals surface area contributed by atoms with Crippen LogP contribution in [0.1, 0.15) is 23.3 Å². The van der Waals surface area contributed by atoms with E-state index in [0.29, 0.717) is 13.0 Å². The normalized spacial score (nSPS) is 12.4. The second-order valence-electron chi connectivity index (χ2n) is 4.60. The fourth-order valence-corrected chi connectivity index (χ4v) is 3.50. The minimum absolute atomic E-state index is 0.187. The van der Waals surface area contributed by atoms with E-state index in [2.05, 4.69) is 8.75 Å². The van der Waals surface area contributed by atoms with Gasteiger partial charge < -0.3 is 4.74 Å². The Morgan fingerprint density at radius 2 is 2.14 bits per heavy atom. The van der Waals surface area contributed by atoms with Crippen molar-refractivity contribution in [3.8, 4) is 0 Å². The highest BCUT2D eigenvalue weighted by molar-refractivity contribution is 7.09. The number of thiophene rings is 1. The van der Waals surface area contributed by atoms with Crippen LogP contribution in [0.3, 0.4) is 0 Å². The zero-order chi connectivity index (χ0) is 14.7. The van der Waals surface area contributed by atoms with Gasteiger partial charge in [-0.15, -0.1) is 11.3 Å². The molecule has 0 fully saturated rings. The van der Waals surface area contributed by atoms with Crippen molar-refractivity contribution < 1.29 is 9.53 Å². The van der Waals surface area contributed by atoms with Crippen LogP contribution < -0.4 is 0 Å². The van der Waals surface area contributed by atoms with Crippen molar-refractivity contribution in [3.63, 3.8) is 0 Å². The summed E-state index contributed by atoms with van der Waals surface area (Å²) < 4.78 is 13.7. The molecule has 108 valence electrons. The van der Waals surface area contributed by atoms with Crippen molar-refractivity contribution in [3.05, 3.63) is 46.2 Å². The van der Waals surface area contributed by atoms with Crippen LogP contribution in [0.15, 0.2) is 35.7 Å². The van der Waals surface area contributed by atoms with Gasteiger partial charge in [0.15, 0.2) is 0 Å². The van der Waals surface area contributed by atoms with Gasteiger partial charge in [-0.2, -0.15) is 8.75 Å². The standard InChI is InChI=1S/C15H14N2O2S2/c1-2-19-15(18)12(9-11-4-3-7-20-11)10-5-6-13-14(8-10)17-21-16-13/h3-8,12H,2,9H2,1H3. The average molecular weight is 318 g/mol. The van der Waals surface area contributed by atoms with Gasteiger partial charge in [0.25, 0.3) is 0 Å². The third-order valence-electron chi connectivity index (χ3n) is 3.24. The van der Waals surface area contributed by atoms with Crippen LogP contribution in [0.2, 0.25) is 0 Å². The lowest BCUT2D eigenvalue weighted by Crippen LogP contribution is -2.18. The summed E-state index contributed by atoms with van der Waals surface area (Å²) in [6.07, 6.45) is 0.652. The van der Waals surface area contributed by atoms with Gasteiger partial charge in [0.1, 0.15) is 11.0 Å². The minimum Gasteiger partial charge on any atom is -0.466 e. The Morgan fingerprint density at radius 3 is 2.90 bits per heavy atom. The molecule has 1 atom stereocenters. The zero-order valence-electron chi connectivity index (χ0n) is 11.5. The van der Waals surface area contributed by atoms with Crippen LogP contribution in [-0.2, 0) is 16.0 Å². The van der Waals surface area contributed by atoms with Gasteiger partial charge in [0, 0.05) is 4.88 Å². The first-order chi connectivity index (χ1) is 10.3. The van der Waals surface area contributed by atoms with Gasteiger partial charge in [-0.25, -0.2) is 0 Å². The molecule has 21 heavy (non-hydrogen) atoms. The molecule has 4 nitrogen and oxygen atoms in total. The summed E-state index contributed by atoms with van der Waals surface area (Å²) in [7, 11) is 0. The molecule has 6 heteroatoms. The largest absolute Gasteiger partial charge is 0.466 e. The second-order valence-corrected chi connectivity index (χ2v) is 6.16. The first kappa shape index (κ1) is 14.2. The summed E-state index contributed by atoms with van der Waals surface area (Å²) in [6.45, 7) is 2.22. The van der Waals surface area contributed by atoms with Gasteiger partial charge in [0.05, 0.1) is 24.3 Å². The molecule has 0 N–H and O–H groups in total. The molecule has 3 rings (SSSR count). The molecule has 1 aromatic carbocycles. The Balaban J connectivity index is 1.94. The maximum absolute atomic E-state index is 12.3. The third kappa shape index (κ3) is 3.11. The second kappa shape index (κ2) is 6.32. The number of esters is 1. The van der Waals surface area contributed by atoms with Crippen LogP contribution in [-0.4, -0.2) is 21.3 Å². The van der Waals surface area contributed by atoms with Crippen molar-refractivity contribution >= 4 is 40.1 Å². The van der Waals surface area contributed by atoms with E-state index in [1.54, 1.807) is 11.3 Å². The predicted octanol–water partition coefficient (Wildman–Crippen LogP) is 3.64. The number of carbonyl (C=O) groups excluding carboxylic acids is 1. The number of rotatable bonds is 5. The fraction of sp³-hybridized carbons (Fsp3) is 0.267. The highest BCUT2D eigenvalue weighted by Crippen LogP contribution is 2.27. The number of hydrogen-bond acceptors (Lipinski definition) is 6. The first-order valence-corrected chi connectivity index (χ1v) is 8.30. The molecule has 0 radical (unpaired) electrons. The molecule has 2 heterocycles. The highest BCUT2D eigenvalue weighted by atomic mass is 32.1. The van der Waals surface area contributed by atoms with Gasteiger partial charge in [-0.05, 0) is 42.5 Å². The molecule has 0 aliphatic rings. The van der Waals surface area contributed by atoms with Crippen LogP contribution >= 0.6 is 23.1 Å². The number of carbonyl (C=O) groups is 1. The summed E-state index contributed by atoms with van der Waals surface area (Å²) in [5.41, 5.74) is 2.63. The van der Waals surface area contributed by atoms with Gasteiger partial charge in [0.2, 0.25) is 0 Å². The number of ether oxygens (including phenoxy) is 1. The Bertz CT molecular complexity index is 737. The van der Waals surface area contributed by atoms with E-state index in [0.717, 1.165) is 16.6 Å². The van der Waals surface area contributed by atoms with Crippen molar-refractivity contribution in [2.45, 2.75) is 19.3 Å². The quantitative estimate of drug-likeness (QED) is 0.674. The lowest BCUT2D eigenvalue weighted by Gasteiger charge is -2.15. The van der Waals surface area contributed by atoms with Gasteiger partial charge in [-0.3, -0.25) is 4.79 Å².